The molecule has 1 heterocycles. The molecule has 0 spiro atoms. The molecule has 1 aliphatic rings. The Morgan fingerprint density at radius 2 is 1.68 bits per heavy atom. The van der Waals surface area contributed by atoms with Crippen molar-refractivity contribution in [3.8, 4) is 0 Å². The second-order valence-electron chi connectivity index (χ2n) is 7.99. The largest absolute Gasteiger partial charge is 0.324 e. The number of nitrogens with one attached hydrogen (secondary N) is 1. The molecule has 0 saturated heterocycles. The van der Waals surface area contributed by atoms with Crippen molar-refractivity contribution in [1.29, 1.82) is 0 Å². The molecule has 0 saturated carbocycles. The number of amides is 1. The molecule has 0 aromatic heterocycles. The van der Waals surface area contributed by atoms with Crippen LogP contribution in [-0.4, -0.2) is 29.7 Å². The average molecular weight is 418 g/mol. The SMILES string of the molecule is CC(C)CC1(C)CN(CC(=O)Nc2ccc(Cl)cc2)N=C1c1ccc(Cl)cc1. The minimum absolute atomic E-state index is 0.102. The summed E-state index contributed by atoms with van der Waals surface area (Å²) in [4.78, 5) is 12.5. The topological polar surface area (TPSA) is 44.7 Å². The number of benzene rings is 2. The number of halogens is 2. The van der Waals surface area contributed by atoms with E-state index in [1.165, 1.54) is 0 Å². The Hall–Kier alpha value is -2.04. The van der Waals surface area contributed by atoms with Crippen LogP contribution in [0, 0.1) is 11.3 Å². The van der Waals surface area contributed by atoms with Gasteiger partial charge in [0.2, 0.25) is 5.91 Å². The summed E-state index contributed by atoms with van der Waals surface area (Å²) in [7, 11) is 0. The molecule has 148 valence electrons. The molecule has 0 fully saturated rings. The van der Waals surface area contributed by atoms with Crippen LogP contribution in [0.25, 0.3) is 0 Å². The Kier molecular flexibility index (Phi) is 6.31. The third-order valence-corrected chi connectivity index (χ3v) is 5.28. The van der Waals surface area contributed by atoms with Gasteiger partial charge in [-0.15, -0.1) is 0 Å². The average Bonchev–Trinajstić information content (AvgIpc) is 2.92. The Morgan fingerprint density at radius 1 is 1.11 bits per heavy atom. The maximum absolute atomic E-state index is 12.5. The van der Waals surface area contributed by atoms with Crippen LogP contribution in [0.1, 0.15) is 32.8 Å². The molecule has 1 atom stereocenters. The van der Waals surface area contributed by atoms with Gasteiger partial charge in [-0.3, -0.25) is 9.80 Å². The van der Waals surface area contributed by atoms with E-state index in [-0.39, 0.29) is 17.9 Å². The van der Waals surface area contributed by atoms with Gasteiger partial charge < -0.3 is 5.32 Å². The number of carbonyl (C=O) groups is 1. The van der Waals surface area contributed by atoms with Crippen LogP contribution in [0.3, 0.4) is 0 Å². The quantitative estimate of drug-likeness (QED) is 0.654. The van der Waals surface area contributed by atoms with E-state index in [2.05, 4.69) is 26.1 Å². The van der Waals surface area contributed by atoms with Gasteiger partial charge >= 0.3 is 0 Å². The van der Waals surface area contributed by atoms with Gasteiger partial charge in [0.15, 0.2) is 0 Å². The number of hydrogen-bond donors (Lipinski definition) is 1. The summed E-state index contributed by atoms with van der Waals surface area (Å²) in [6, 6.07) is 14.8. The predicted octanol–water partition coefficient (Wildman–Crippen LogP) is 5.70. The Morgan fingerprint density at radius 3 is 2.25 bits per heavy atom. The summed E-state index contributed by atoms with van der Waals surface area (Å²) in [5, 5.41) is 10.9. The molecule has 3 rings (SSSR count). The van der Waals surface area contributed by atoms with Gasteiger partial charge in [0.05, 0.1) is 5.71 Å². The molecule has 1 aliphatic heterocycles. The Bertz CT molecular complexity index is 862. The Labute approximate surface area is 176 Å². The molecule has 0 aliphatic carbocycles. The van der Waals surface area contributed by atoms with Gasteiger partial charge in [-0.25, -0.2) is 0 Å². The van der Waals surface area contributed by atoms with E-state index in [0.717, 1.165) is 23.4 Å². The fourth-order valence-electron chi connectivity index (χ4n) is 3.84. The first-order valence-corrected chi connectivity index (χ1v) is 10.2. The molecular formula is C22H25Cl2N3O. The number of nitrogens with zero attached hydrogens (tertiary/aromatic N) is 2. The molecule has 1 unspecified atom stereocenters. The van der Waals surface area contributed by atoms with Gasteiger partial charge in [-0.2, -0.15) is 5.10 Å². The third-order valence-electron chi connectivity index (χ3n) is 4.78. The minimum Gasteiger partial charge on any atom is -0.324 e. The molecular weight excluding hydrogens is 393 g/mol. The van der Waals surface area contributed by atoms with Crippen LogP contribution < -0.4 is 5.32 Å². The lowest BCUT2D eigenvalue weighted by Gasteiger charge is -2.28. The van der Waals surface area contributed by atoms with Gasteiger partial charge in [0, 0.05) is 27.7 Å². The summed E-state index contributed by atoms with van der Waals surface area (Å²) >= 11 is 11.9. The van der Waals surface area contributed by atoms with E-state index in [9.17, 15) is 4.79 Å². The fraction of sp³-hybridized carbons (Fsp3) is 0.364. The van der Waals surface area contributed by atoms with Crippen molar-refractivity contribution in [1.82, 2.24) is 5.01 Å². The second-order valence-corrected chi connectivity index (χ2v) is 8.86. The van der Waals surface area contributed by atoms with Crippen LogP contribution in [0.2, 0.25) is 10.0 Å². The number of hydrogen-bond acceptors (Lipinski definition) is 3. The lowest BCUT2D eigenvalue weighted by molar-refractivity contribution is -0.117. The van der Waals surface area contributed by atoms with Crippen LogP contribution in [0.4, 0.5) is 5.69 Å². The van der Waals surface area contributed by atoms with E-state index >= 15 is 0 Å². The molecule has 2 aromatic rings. The highest BCUT2D eigenvalue weighted by atomic mass is 35.5. The summed E-state index contributed by atoms with van der Waals surface area (Å²) in [6.07, 6.45) is 0.990. The van der Waals surface area contributed by atoms with Crippen LogP contribution >= 0.6 is 23.2 Å². The molecule has 0 radical (unpaired) electrons. The molecule has 6 heteroatoms. The lowest BCUT2D eigenvalue weighted by atomic mass is 9.76. The fourth-order valence-corrected chi connectivity index (χ4v) is 4.09. The normalized spacial score (nSPS) is 19.1. The molecule has 28 heavy (non-hydrogen) atoms. The highest BCUT2D eigenvalue weighted by Gasteiger charge is 2.40. The zero-order valence-corrected chi connectivity index (χ0v) is 17.9. The van der Waals surface area contributed by atoms with E-state index in [1.54, 1.807) is 24.3 Å². The summed E-state index contributed by atoms with van der Waals surface area (Å²) < 4.78 is 0. The second kappa shape index (κ2) is 8.54. The van der Waals surface area contributed by atoms with Gasteiger partial charge in [0.25, 0.3) is 0 Å². The highest BCUT2D eigenvalue weighted by Crippen LogP contribution is 2.37. The number of hydrazone groups is 1. The van der Waals surface area contributed by atoms with Gasteiger partial charge in [0.1, 0.15) is 6.54 Å². The van der Waals surface area contributed by atoms with Crippen molar-refractivity contribution >= 4 is 40.5 Å². The molecule has 0 bridgehead atoms. The number of carbonyl (C=O) groups excluding carboxylic acids is 1. The zero-order chi connectivity index (χ0) is 20.3. The maximum Gasteiger partial charge on any atom is 0.245 e. The molecule has 1 N–H and O–H groups in total. The molecule has 1 amide bonds. The van der Waals surface area contributed by atoms with E-state index in [0.29, 0.717) is 22.5 Å². The molecule has 4 nitrogen and oxygen atoms in total. The van der Waals surface area contributed by atoms with E-state index in [1.807, 2.05) is 29.3 Å². The Balaban J connectivity index is 1.76. The first-order valence-electron chi connectivity index (χ1n) is 9.40. The van der Waals surface area contributed by atoms with Crippen molar-refractivity contribution < 1.29 is 4.79 Å². The first kappa shape index (κ1) is 20.7. The number of rotatable bonds is 6. The van der Waals surface area contributed by atoms with Crippen LogP contribution in [0.5, 0.6) is 0 Å². The van der Waals surface area contributed by atoms with Crippen molar-refractivity contribution in [2.45, 2.75) is 27.2 Å². The highest BCUT2D eigenvalue weighted by molar-refractivity contribution is 6.31. The van der Waals surface area contributed by atoms with Gasteiger partial charge in [-0.1, -0.05) is 56.1 Å². The van der Waals surface area contributed by atoms with Crippen molar-refractivity contribution in [3.63, 3.8) is 0 Å². The summed E-state index contributed by atoms with van der Waals surface area (Å²) in [5.74, 6) is 0.417. The monoisotopic (exact) mass is 417 g/mol. The van der Waals surface area contributed by atoms with E-state index < -0.39 is 0 Å². The smallest absolute Gasteiger partial charge is 0.245 e. The van der Waals surface area contributed by atoms with Crippen LogP contribution in [0.15, 0.2) is 53.6 Å². The minimum atomic E-state index is -0.122. The standard InChI is InChI=1S/C22H25Cl2N3O/c1-15(2)12-22(3)14-27(26-21(22)16-4-6-17(23)7-5-16)13-20(28)25-19-10-8-18(24)9-11-19/h4-11,15H,12-14H2,1-3H3,(H,25,28). The summed E-state index contributed by atoms with van der Waals surface area (Å²) in [5.41, 5.74) is 2.66. The van der Waals surface area contributed by atoms with Crippen LogP contribution in [-0.2, 0) is 4.79 Å². The zero-order valence-electron chi connectivity index (χ0n) is 16.4. The first-order chi connectivity index (χ1) is 13.2. The predicted molar refractivity (Wildman–Crippen MR) is 117 cm³/mol. The lowest BCUT2D eigenvalue weighted by Crippen LogP contribution is -2.35. The van der Waals surface area contributed by atoms with Crippen molar-refractivity contribution in [2.24, 2.45) is 16.4 Å². The molecule has 2 aromatic carbocycles. The van der Waals surface area contributed by atoms with Crippen molar-refractivity contribution in [3.05, 3.63) is 64.1 Å². The summed E-state index contributed by atoms with van der Waals surface area (Å²) in [6.45, 7) is 7.55. The van der Waals surface area contributed by atoms with Crippen molar-refractivity contribution in [2.75, 3.05) is 18.4 Å². The number of anilines is 1. The van der Waals surface area contributed by atoms with E-state index in [4.69, 9.17) is 28.3 Å². The third kappa shape index (κ3) is 5.06. The van der Waals surface area contributed by atoms with Gasteiger partial charge in [-0.05, 0) is 54.3 Å². The maximum atomic E-state index is 12.5.